The van der Waals surface area contributed by atoms with E-state index in [9.17, 15) is 19.2 Å². The highest BCUT2D eigenvalue weighted by atomic mass is 16.5. The summed E-state index contributed by atoms with van der Waals surface area (Å²) in [5.74, 6) is -1.21. The highest BCUT2D eigenvalue weighted by molar-refractivity contribution is 5.89. The van der Waals surface area contributed by atoms with Gasteiger partial charge in [0.2, 0.25) is 0 Å². The number of aromatic carboxylic acids is 2. The monoisotopic (exact) mass is 500 g/mol. The van der Waals surface area contributed by atoms with Crippen LogP contribution in [0.3, 0.4) is 0 Å². The summed E-state index contributed by atoms with van der Waals surface area (Å²) >= 11 is 0. The van der Waals surface area contributed by atoms with Crippen LogP contribution in [0, 0.1) is 0 Å². The van der Waals surface area contributed by atoms with E-state index >= 15 is 0 Å². The van der Waals surface area contributed by atoms with Crippen LogP contribution in [0.2, 0.25) is 0 Å². The van der Waals surface area contributed by atoms with E-state index in [1.54, 1.807) is 12.2 Å². The predicted molar refractivity (Wildman–Crippen MR) is 131 cm³/mol. The summed E-state index contributed by atoms with van der Waals surface area (Å²) in [6.07, 6.45) is 3.09. The molecule has 2 rings (SSSR count). The molecule has 0 heterocycles. The molecule has 36 heavy (non-hydrogen) atoms. The maximum Gasteiger partial charge on any atom is 0.335 e. The second-order valence-electron chi connectivity index (χ2n) is 7.18. The van der Waals surface area contributed by atoms with E-state index < -0.39 is 11.9 Å². The number of rotatable bonds is 14. The van der Waals surface area contributed by atoms with Crippen molar-refractivity contribution in [3.8, 4) is 23.0 Å². The van der Waals surface area contributed by atoms with Gasteiger partial charge in [0.25, 0.3) is 0 Å². The van der Waals surface area contributed by atoms with E-state index in [2.05, 4.69) is 13.2 Å². The first-order valence-electron chi connectivity index (χ1n) is 10.5. The van der Waals surface area contributed by atoms with E-state index in [1.165, 1.54) is 50.2 Å². The zero-order chi connectivity index (χ0) is 27.1. The molecule has 0 bridgehead atoms. The zero-order valence-electron chi connectivity index (χ0n) is 20.0. The Bertz CT molecular complexity index is 1020. The molecule has 0 aromatic heterocycles. The third kappa shape index (κ3) is 11.5. The first kappa shape index (κ1) is 29.4. The first-order chi connectivity index (χ1) is 17.0. The van der Waals surface area contributed by atoms with Gasteiger partial charge in [-0.3, -0.25) is 9.59 Å². The molecular formula is C26H28O10. The smallest absolute Gasteiger partial charge is 0.335 e. The maximum atomic E-state index is 10.9. The van der Waals surface area contributed by atoms with Crippen LogP contribution in [-0.4, -0.2) is 60.1 Å². The maximum absolute atomic E-state index is 10.9. The van der Waals surface area contributed by atoms with Gasteiger partial charge in [-0.05, 0) is 38.1 Å². The summed E-state index contributed by atoms with van der Waals surface area (Å²) in [5.41, 5.74) is 0.0743. The van der Waals surface area contributed by atoms with Crippen LogP contribution in [0.5, 0.6) is 23.0 Å². The summed E-state index contributed by atoms with van der Waals surface area (Å²) in [5, 5.41) is 17.9. The fourth-order valence-corrected chi connectivity index (χ4v) is 2.40. The second kappa shape index (κ2) is 15.3. The van der Waals surface area contributed by atoms with Gasteiger partial charge in [0.15, 0.2) is 11.6 Å². The van der Waals surface area contributed by atoms with Gasteiger partial charge in [-0.1, -0.05) is 25.3 Å². The van der Waals surface area contributed by atoms with E-state index in [4.69, 9.17) is 29.2 Å². The number of benzene rings is 2. The number of carbonyl (C=O) groups is 4. The molecule has 0 aliphatic rings. The van der Waals surface area contributed by atoms with Crippen molar-refractivity contribution in [2.24, 2.45) is 0 Å². The van der Waals surface area contributed by atoms with Crippen LogP contribution >= 0.6 is 0 Å². The lowest BCUT2D eigenvalue weighted by Gasteiger charge is -2.09. The molecule has 192 valence electrons. The molecule has 0 aliphatic heterocycles. The molecule has 10 heteroatoms. The standard InChI is InChI=1S/2C13H14O5/c2*1-3-4-17-11-5-10(13(15)16)6-12(7-11)18-8-9(2)14/h2*3,5-7H,1,4,8H2,2H3,(H,15,16). The van der Waals surface area contributed by atoms with E-state index in [-0.39, 0.29) is 60.6 Å². The zero-order valence-corrected chi connectivity index (χ0v) is 20.0. The normalized spacial score (nSPS) is 9.61. The van der Waals surface area contributed by atoms with Crippen molar-refractivity contribution in [1.29, 1.82) is 0 Å². The van der Waals surface area contributed by atoms with Crippen LogP contribution in [0.4, 0.5) is 0 Å². The number of carboxylic acids is 2. The summed E-state index contributed by atoms with van der Waals surface area (Å²) in [4.78, 5) is 43.5. The van der Waals surface area contributed by atoms with Crippen molar-refractivity contribution in [3.63, 3.8) is 0 Å². The number of hydrogen-bond donors (Lipinski definition) is 2. The fourth-order valence-electron chi connectivity index (χ4n) is 2.40. The largest absolute Gasteiger partial charge is 0.489 e. The molecule has 0 saturated heterocycles. The first-order valence-corrected chi connectivity index (χ1v) is 10.5. The molecular weight excluding hydrogens is 472 g/mol. The predicted octanol–water partition coefficient (Wildman–Crippen LogP) is 3.83. The Hall–Kier alpha value is -4.60. The van der Waals surface area contributed by atoms with Crippen LogP contribution < -0.4 is 18.9 Å². The molecule has 2 aromatic rings. The van der Waals surface area contributed by atoms with Crippen LogP contribution in [0.25, 0.3) is 0 Å². The lowest BCUT2D eigenvalue weighted by Crippen LogP contribution is -2.08. The number of Topliss-reactive ketones (excluding diaryl/α,β-unsaturated/α-hetero) is 2. The summed E-state index contributed by atoms with van der Waals surface area (Å²) in [6.45, 7) is 10.1. The Labute approximate surface area is 208 Å². The molecule has 0 unspecified atom stereocenters. The van der Waals surface area contributed by atoms with Gasteiger partial charge in [0.1, 0.15) is 49.4 Å². The molecule has 2 N–H and O–H groups in total. The second-order valence-corrected chi connectivity index (χ2v) is 7.18. The Kier molecular flexibility index (Phi) is 12.5. The van der Waals surface area contributed by atoms with Gasteiger partial charge in [-0.15, -0.1) is 0 Å². The number of ether oxygens (including phenoxy) is 4. The number of carbonyl (C=O) groups excluding carboxylic acids is 2. The fraction of sp³-hybridized carbons (Fsp3) is 0.231. The molecule has 0 spiro atoms. The SMILES string of the molecule is C=CCOc1cc(OCC(C)=O)cc(C(=O)O)c1.C=CCOc1cc(OCC(C)=O)cc(C(=O)O)c1. The molecule has 0 saturated carbocycles. The Balaban J connectivity index is 0.000000360. The lowest BCUT2D eigenvalue weighted by molar-refractivity contribution is -0.119. The molecule has 0 radical (unpaired) electrons. The molecule has 0 atom stereocenters. The van der Waals surface area contributed by atoms with Crippen LogP contribution in [0.1, 0.15) is 34.6 Å². The molecule has 0 fully saturated rings. The number of hydrogen-bond acceptors (Lipinski definition) is 8. The minimum absolute atomic E-state index is 0.0371. The van der Waals surface area contributed by atoms with Crippen molar-refractivity contribution in [2.45, 2.75) is 13.8 Å². The van der Waals surface area contributed by atoms with Crippen molar-refractivity contribution in [1.82, 2.24) is 0 Å². The van der Waals surface area contributed by atoms with Crippen LogP contribution in [0.15, 0.2) is 61.7 Å². The Morgan fingerprint density at radius 1 is 0.639 bits per heavy atom. The van der Waals surface area contributed by atoms with E-state index in [0.717, 1.165) is 0 Å². The molecule has 0 amide bonds. The average Bonchev–Trinajstić information content (AvgIpc) is 2.83. The summed E-state index contributed by atoms with van der Waals surface area (Å²) in [7, 11) is 0. The third-order valence-corrected chi connectivity index (χ3v) is 3.87. The minimum Gasteiger partial charge on any atom is -0.489 e. The summed E-state index contributed by atoms with van der Waals surface area (Å²) in [6, 6.07) is 8.49. The Morgan fingerprint density at radius 2 is 0.944 bits per heavy atom. The minimum atomic E-state index is -1.09. The van der Waals surface area contributed by atoms with Gasteiger partial charge in [-0.25, -0.2) is 9.59 Å². The Morgan fingerprint density at radius 3 is 1.19 bits per heavy atom. The summed E-state index contributed by atoms with van der Waals surface area (Å²) < 4.78 is 20.8. The highest BCUT2D eigenvalue weighted by Gasteiger charge is 2.10. The van der Waals surface area contributed by atoms with Gasteiger partial charge in [0.05, 0.1) is 11.1 Å². The third-order valence-electron chi connectivity index (χ3n) is 3.87. The number of ketones is 2. The van der Waals surface area contributed by atoms with Crippen molar-refractivity contribution in [2.75, 3.05) is 26.4 Å². The quantitative estimate of drug-likeness (QED) is 0.367. The van der Waals surface area contributed by atoms with Crippen molar-refractivity contribution in [3.05, 3.63) is 72.8 Å². The molecule has 10 nitrogen and oxygen atoms in total. The topological polar surface area (TPSA) is 146 Å². The molecule has 2 aromatic carbocycles. The van der Waals surface area contributed by atoms with Gasteiger partial charge >= 0.3 is 11.9 Å². The van der Waals surface area contributed by atoms with Gasteiger partial charge < -0.3 is 29.2 Å². The van der Waals surface area contributed by atoms with Gasteiger partial charge in [-0.2, -0.15) is 0 Å². The van der Waals surface area contributed by atoms with Crippen LogP contribution in [-0.2, 0) is 9.59 Å². The van der Waals surface area contributed by atoms with E-state index in [0.29, 0.717) is 11.5 Å². The van der Waals surface area contributed by atoms with Crippen molar-refractivity contribution >= 4 is 23.5 Å². The van der Waals surface area contributed by atoms with Crippen molar-refractivity contribution < 1.29 is 48.3 Å². The average molecular weight is 501 g/mol. The van der Waals surface area contributed by atoms with E-state index in [1.807, 2.05) is 0 Å². The van der Waals surface area contributed by atoms with Gasteiger partial charge in [0, 0.05) is 12.1 Å². The number of carboxylic acid groups (broad SMARTS) is 2. The highest BCUT2D eigenvalue weighted by Crippen LogP contribution is 2.24. The lowest BCUT2D eigenvalue weighted by atomic mass is 10.2. The molecule has 0 aliphatic carbocycles.